The van der Waals surface area contributed by atoms with E-state index in [0.29, 0.717) is 6.04 Å². The van der Waals surface area contributed by atoms with Crippen LogP contribution < -0.4 is 5.32 Å². The topological polar surface area (TPSA) is 12.0 Å². The molecule has 3 rings (SSSR count). The van der Waals surface area contributed by atoms with Crippen molar-refractivity contribution in [3.8, 4) is 0 Å². The number of hydrogen-bond acceptors (Lipinski definition) is 1. The van der Waals surface area contributed by atoms with E-state index < -0.39 is 0 Å². The van der Waals surface area contributed by atoms with Crippen molar-refractivity contribution in [3.05, 3.63) is 64.7 Å². The molecule has 2 aromatic carbocycles. The van der Waals surface area contributed by atoms with Crippen molar-refractivity contribution < 1.29 is 0 Å². The van der Waals surface area contributed by atoms with Crippen molar-refractivity contribution in [2.24, 2.45) is 0 Å². The van der Waals surface area contributed by atoms with Crippen LogP contribution in [0.25, 0.3) is 0 Å². The van der Waals surface area contributed by atoms with Gasteiger partial charge in [-0.05, 0) is 61.8 Å². The molecule has 0 saturated heterocycles. The Kier molecular flexibility index (Phi) is 4.50. The van der Waals surface area contributed by atoms with E-state index in [9.17, 15) is 0 Å². The molecule has 0 spiro atoms. The fourth-order valence-electron chi connectivity index (χ4n) is 3.28. The molecule has 0 aliphatic heterocycles. The number of anilines is 1. The summed E-state index contributed by atoms with van der Waals surface area (Å²) in [5.41, 5.74) is 3.84. The Balaban J connectivity index is 1.60. The normalized spacial score (nSPS) is 22.0. The third-order valence-corrected chi connectivity index (χ3v) is 5.03. The fraction of sp³-hybridized carbons (Fsp3) is 0.368. The monoisotopic (exact) mass is 299 g/mol. The molecule has 0 amide bonds. The summed E-state index contributed by atoms with van der Waals surface area (Å²) in [5.74, 6) is 0.727. The van der Waals surface area contributed by atoms with Gasteiger partial charge in [0.2, 0.25) is 0 Å². The maximum absolute atomic E-state index is 6.19. The van der Waals surface area contributed by atoms with Gasteiger partial charge in [0, 0.05) is 16.8 Å². The highest BCUT2D eigenvalue weighted by Crippen LogP contribution is 2.34. The first-order chi connectivity index (χ1) is 10.2. The summed E-state index contributed by atoms with van der Waals surface area (Å²) < 4.78 is 0. The standard InChI is InChI=1S/C19H22ClN/c1-14-18(20)8-5-9-19(14)21-17-12-10-16(11-13-17)15-6-3-2-4-7-15/h2-9,16-17,21H,10-13H2,1H3. The third-order valence-electron chi connectivity index (χ3n) is 4.63. The summed E-state index contributed by atoms with van der Waals surface area (Å²) in [4.78, 5) is 0. The van der Waals surface area contributed by atoms with Crippen LogP contribution in [0.5, 0.6) is 0 Å². The third kappa shape index (κ3) is 3.41. The van der Waals surface area contributed by atoms with Crippen molar-refractivity contribution >= 4 is 17.3 Å². The lowest BCUT2D eigenvalue weighted by atomic mass is 9.81. The molecule has 1 saturated carbocycles. The lowest BCUT2D eigenvalue weighted by Gasteiger charge is -2.30. The SMILES string of the molecule is Cc1c(Cl)cccc1NC1CCC(c2ccccc2)CC1. The van der Waals surface area contributed by atoms with Gasteiger partial charge in [-0.3, -0.25) is 0 Å². The second-order valence-electron chi connectivity index (χ2n) is 6.02. The molecule has 0 atom stereocenters. The molecule has 21 heavy (non-hydrogen) atoms. The molecule has 1 N–H and O–H groups in total. The number of nitrogens with one attached hydrogen (secondary N) is 1. The van der Waals surface area contributed by atoms with Crippen molar-refractivity contribution in [2.75, 3.05) is 5.32 Å². The van der Waals surface area contributed by atoms with E-state index in [1.165, 1.54) is 36.9 Å². The predicted octanol–water partition coefficient (Wildman–Crippen LogP) is 5.79. The Labute approximate surface area is 132 Å². The Morgan fingerprint density at radius 2 is 1.62 bits per heavy atom. The van der Waals surface area contributed by atoms with E-state index in [1.807, 2.05) is 12.1 Å². The highest BCUT2D eigenvalue weighted by Gasteiger charge is 2.22. The molecule has 1 aliphatic carbocycles. The van der Waals surface area contributed by atoms with Gasteiger partial charge in [-0.2, -0.15) is 0 Å². The van der Waals surface area contributed by atoms with Crippen LogP contribution in [0.15, 0.2) is 48.5 Å². The highest BCUT2D eigenvalue weighted by molar-refractivity contribution is 6.31. The highest BCUT2D eigenvalue weighted by atomic mass is 35.5. The van der Waals surface area contributed by atoms with Crippen LogP contribution in [0, 0.1) is 6.92 Å². The van der Waals surface area contributed by atoms with Gasteiger partial charge in [0.15, 0.2) is 0 Å². The van der Waals surface area contributed by atoms with Crippen LogP contribution in [0.1, 0.15) is 42.7 Å². The van der Waals surface area contributed by atoms with Gasteiger partial charge >= 0.3 is 0 Å². The van der Waals surface area contributed by atoms with Crippen LogP contribution in [-0.2, 0) is 0 Å². The van der Waals surface area contributed by atoms with Gasteiger partial charge in [-0.1, -0.05) is 48.0 Å². The smallest absolute Gasteiger partial charge is 0.0455 e. The van der Waals surface area contributed by atoms with E-state index in [4.69, 9.17) is 11.6 Å². The molecular weight excluding hydrogens is 278 g/mol. The molecule has 1 fully saturated rings. The summed E-state index contributed by atoms with van der Waals surface area (Å²) in [7, 11) is 0. The summed E-state index contributed by atoms with van der Waals surface area (Å²) in [6.07, 6.45) is 4.99. The quantitative estimate of drug-likeness (QED) is 0.756. The fourth-order valence-corrected chi connectivity index (χ4v) is 3.45. The molecule has 2 aromatic rings. The summed E-state index contributed by atoms with van der Waals surface area (Å²) in [6, 6.07) is 17.6. The average Bonchev–Trinajstić information content (AvgIpc) is 2.53. The zero-order valence-electron chi connectivity index (χ0n) is 12.5. The lowest BCUT2D eigenvalue weighted by molar-refractivity contribution is 0.412. The number of halogens is 1. The first-order valence-corrected chi connectivity index (χ1v) is 8.18. The minimum absolute atomic E-state index is 0.571. The van der Waals surface area contributed by atoms with Crippen LogP contribution in [0.3, 0.4) is 0 Å². The minimum Gasteiger partial charge on any atom is -0.382 e. The van der Waals surface area contributed by atoms with Crippen molar-refractivity contribution in [1.82, 2.24) is 0 Å². The van der Waals surface area contributed by atoms with Gasteiger partial charge in [0.25, 0.3) is 0 Å². The van der Waals surface area contributed by atoms with E-state index in [0.717, 1.165) is 16.5 Å². The van der Waals surface area contributed by atoms with Crippen molar-refractivity contribution in [2.45, 2.75) is 44.6 Å². The Bertz CT molecular complexity index is 586. The number of hydrogen-bond donors (Lipinski definition) is 1. The van der Waals surface area contributed by atoms with Crippen molar-refractivity contribution in [3.63, 3.8) is 0 Å². The van der Waals surface area contributed by atoms with Gasteiger partial charge in [-0.25, -0.2) is 0 Å². The minimum atomic E-state index is 0.571. The molecule has 1 aliphatic rings. The summed E-state index contributed by atoms with van der Waals surface area (Å²) >= 11 is 6.19. The van der Waals surface area contributed by atoms with Crippen LogP contribution >= 0.6 is 11.6 Å². The molecule has 0 bridgehead atoms. The Morgan fingerprint density at radius 3 is 2.33 bits per heavy atom. The molecule has 0 radical (unpaired) electrons. The van der Waals surface area contributed by atoms with Gasteiger partial charge in [0.1, 0.15) is 0 Å². The molecule has 0 unspecified atom stereocenters. The maximum atomic E-state index is 6.19. The first kappa shape index (κ1) is 14.5. The molecule has 0 heterocycles. The zero-order valence-corrected chi connectivity index (χ0v) is 13.2. The lowest BCUT2D eigenvalue weighted by Crippen LogP contribution is -2.25. The average molecular weight is 300 g/mol. The van der Waals surface area contributed by atoms with Gasteiger partial charge in [-0.15, -0.1) is 0 Å². The molecule has 2 heteroatoms. The van der Waals surface area contributed by atoms with E-state index in [1.54, 1.807) is 0 Å². The predicted molar refractivity (Wildman–Crippen MR) is 91.3 cm³/mol. The molecular formula is C19H22ClN. The number of benzene rings is 2. The first-order valence-electron chi connectivity index (χ1n) is 7.80. The zero-order chi connectivity index (χ0) is 14.7. The largest absolute Gasteiger partial charge is 0.382 e. The maximum Gasteiger partial charge on any atom is 0.0455 e. The van der Waals surface area contributed by atoms with Gasteiger partial charge < -0.3 is 5.32 Å². The van der Waals surface area contributed by atoms with Crippen LogP contribution in [-0.4, -0.2) is 6.04 Å². The van der Waals surface area contributed by atoms with Crippen LogP contribution in [0.4, 0.5) is 5.69 Å². The second-order valence-corrected chi connectivity index (χ2v) is 6.42. The molecule has 110 valence electrons. The van der Waals surface area contributed by atoms with Gasteiger partial charge in [0.05, 0.1) is 0 Å². The van der Waals surface area contributed by atoms with Crippen molar-refractivity contribution in [1.29, 1.82) is 0 Å². The second kappa shape index (κ2) is 6.53. The molecule has 0 aromatic heterocycles. The Hall–Kier alpha value is -1.47. The summed E-state index contributed by atoms with van der Waals surface area (Å²) in [6.45, 7) is 2.08. The van der Waals surface area contributed by atoms with Crippen LogP contribution in [0.2, 0.25) is 5.02 Å². The summed E-state index contributed by atoms with van der Waals surface area (Å²) in [5, 5.41) is 4.52. The van der Waals surface area contributed by atoms with E-state index in [-0.39, 0.29) is 0 Å². The molecule has 1 nitrogen and oxygen atoms in total. The van der Waals surface area contributed by atoms with E-state index in [2.05, 4.69) is 48.6 Å². The van der Waals surface area contributed by atoms with E-state index >= 15 is 0 Å². The Morgan fingerprint density at radius 1 is 0.905 bits per heavy atom. The number of rotatable bonds is 3.